The van der Waals surface area contributed by atoms with Gasteiger partial charge in [0.1, 0.15) is 5.75 Å². The summed E-state index contributed by atoms with van der Waals surface area (Å²) in [6, 6.07) is 19.4. The Bertz CT molecular complexity index is 665. The van der Waals surface area contributed by atoms with Crippen LogP contribution in [0.4, 0.5) is 0 Å². The molecule has 0 bridgehead atoms. The summed E-state index contributed by atoms with van der Waals surface area (Å²) in [4.78, 5) is 4.08. The van der Waals surface area contributed by atoms with E-state index in [1.165, 1.54) is 5.56 Å². The van der Waals surface area contributed by atoms with E-state index in [1.54, 1.807) is 18.3 Å². The number of pyridine rings is 1. The predicted molar refractivity (Wildman–Crippen MR) is 88.9 cm³/mol. The zero-order valence-corrected chi connectivity index (χ0v) is 12.5. The molecule has 0 aliphatic carbocycles. The van der Waals surface area contributed by atoms with Crippen molar-refractivity contribution in [3.63, 3.8) is 0 Å². The molecule has 0 aliphatic rings. The quantitative estimate of drug-likeness (QED) is 0.705. The lowest BCUT2D eigenvalue weighted by Crippen LogP contribution is -1.83. The van der Waals surface area contributed by atoms with Gasteiger partial charge >= 0.3 is 0 Å². The van der Waals surface area contributed by atoms with E-state index in [4.69, 9.17) is 11.6 Å². The summed E-state index contributed by atoms with van der Waals surface area (Å²) < 4.78 is 0. The Morgan fingerprint density at radius 3 is 2.43 bits per heavy atom. The Balaban J connectivity index is 0.000000155. The van der Waals surface area contributed by atoms with Crippen LogP contribution in [0.25, 0.3) is 10.9 Å². The van der Waals surface area contributed by atoms with Crippen LogP contribution in [-0.2, 0) is 6.42 Å². The first-order valence-corrected chi connectivity index (χ1v) is 7.47. The maximum Gasteiger partial charge on any atom is 0.124 e. The van der Waals surface area contributed by atoms with Crippen LogP contribution < -0.4 is 0 Å². The SMILES string of the molecule is ClCCCc1ccccc1.Oc1cccc2ncccc12. The van der Waals surface area contributed by atoms with E-state index in [2.05, 4.69) is 29.2 Å². The Morgan fingerprint density at radius 2 is 1.71 bits per heavy atom. The van der Waals surface area contributed by atoms with Crippen molar-refractivity contribution in [3.8, 4) is 5.75 Å². The van der Waals surface area contributed by atoms with Gasteiger partial charge in [0.25, 0.3) is 0 Å². The number of phenolic OH excluding ortho intramolecular Hbond substituents is 1. The highest BCUT2D eigenvalue weighted by Gasteiger charge is 1.95. The fourth-order valence-corrected chi connectivity index (χ4v) is 2.14. The molecule has 1 N–H and O–H groups in total. The van der Waals surface area contributed by atoms with E-state index in [1.807, 2.05) is 24.3 Å². The van der Waals surface area contributed by atoms with Gasteiger partial charge in [0.15, 0.2) is 0 Å². The second-order valence-electron chi connectivity index (χ2n) is 4.63. The summed E-state index contributed by atoms with van der Waals surface area (Å²) in [6.07, 6.45) is 3.89. The van der Waals surface area contributed by atoms with Gasteiger partial charge in [-0.05, 0) is 42.7 Å². The fraction of sp³-hybridized carbons (Fsp3) is 0.167. The molecule has 3 rings (SSSR count). The van der Waals surface area contributed by atoms with E-state index in [0.717, 1.165) is 29.6 Å². The van der Waals surface area contributed by atoms with E-state index >= 15 is 0 Å². The van der Waals surface area contributed by atoms with Crippen molar-refractivity contribution in [2.24, 2.45) is 0 Å². The van der Waals surface area contributed by atoms with E-state index < -0.39 is 0 Å². The molecule has 0 fully saturated rings. The van der Waals surface area contributed by atoms with E-state index in [9.17, 15) is 5.11 Å². The van der Waals surface area contributed by atoms with Crippen molar-refractivity contribution < 1.29 is 5.11 Å². The first-order valence-electron chi connectivity index (χ1n) is 6.94. The molecule has 2 nitrogen and oxygen atoms in total. The molecule has 0 amide bonds. The van der Waals surface area contributed by atoms with Crippen LogP contribution in [-0.4, -0.2) is 16.0 Å². The summed E-state index contributed by atoms with van der Waals surface area (Å²) in [6.45, 7) is 0. The minimum Gasteiger partial charge on any atom is -0.507 e. The van der Waals surface area contributed by atoms with Crippen LogP contribution in [0.1, 0.15) is 12.0 Å². The first-order chi connectivity index (χ1) is 10.3. The molecular formula is C18H18ClNO. The molecule has 0 aliphatic heterocycles. The van der Waals surface area contributed by atoms with Crippen LogP contribution >= 0.6 is 11.6 Å². The number of rotatable bonds is 3. The van der Waals surface area contributed by atoms with Crippen LogP contribution in [0, 0.1) is 0 Å². The third kappa shape index (κ3) is 4.76. The number of fused-ring (bicyclic) bond motifs is 1. The van der Waals surface area contributed by atoms with E-state index in [-0.39, 0.29) is 5.75 Å². The predicted octanol–water partition coefficient (Wildman–Crippen LogP) is 4.80. The highest BCUT2D eigenvalue weighted by atomic mass is 35.5. The van der Waals surface area contributed by atoms with Gasteiger partial charge in [0.2, 0.25) is 0 Å². The monoisotopic (exact) mass is 299 g/mol. The number of hydrogen-bond donors (Lipinski definition) is 1. The van der Waals surface area contributed by atoms with Crippen molar-refractivity contribution in [2.75, 3.05) is 5.88 Å². The Kier molecular flexibility index (Phi) is 6.04. The molecule has 1 aromatic heterocycles. The molecule has 0 spiro atoms. The van der Waals surface area contributed by atoms with Gasteiger partial charge in [0.05, 0.1) is 5.52 Å². The summed E-state index contributed by atoms with van der Waals surface area (Å²) in [7, 11) is 0. The maximum atomic E-state index is 9.33. The molecule has 3 aromatic rings. The zero-order valence-electron chi connectivity index (χ0n) is 11.7. The molecule has 0 unspecified atom stereocenters. The average Bonchev–Trinajstić information content (AvgIpc) is 2.55. The minimum absolute atomic E-state index is 0.288. The third-order valence-corrected chi connectivity index (χ3v) is 3.33. The molecule has 2 aromatic carbocycles. The van der Waals surface area contributed by atoms with Gasteiger partial charge in [-0.15, -0.1) is 11.6 Å². The second kappa shape index (κ2) is 8.28. The number of halogens is 1. The second-order valence-corrected chi connectivity index (χ2v) is 5.00. The fourth-order valence-electron chi connectivity index (χ4n) is 2.00. The first kappa shape index (κ1) is 15.3. The molecule has 0 saturated heterocycles. The Hall–Kier alpha value is -2.06. The molecule has 0 saturated carbocycles. The third-order valence-electron chi connectivity index (χ3n) is 3.06. The number of benzene rings is 2. The minimum atomic E-state index is 0.288. The number of hydrogen-bond acceptors (Lipinski definition) is 2. The summed E-state index contributed by atoms with van der Waals surface area (Å²) in [5.41, 5.74) is 2.20. The number of aryl methyl sites for hydroxylation is 1. The van der Waals surface area contributed by atoms with Crippen molar-refractivity contribution in [2.45, 2.75) is 12.8 Å². The number of alkyl halides is 1. The van der Waals surface area contributed by atoms with Crippen molar-refractivity contribution in [3.05, 3.63) is 72.4 Å². The van der Waals surface area contributed by atoms with Crippen LogP contribution in [0.2, 0.25) is 0 Å². The van der Waals surface area contributed by atoms with Crippen molar-refractivity contribution in [1.29, 1.82) is 0 Å². The molecule has 1 heterocycles. The van der Waals surface area contributed by atoms with Gasteiger partial charge in [-0.25, -0.2) is 0 Å². The number of aromatic nitrogens is 1. The van der Waals surface area contributed by atoms with E-state index in [0.29, 0.717) is 0 Å². The van der Waals surface area contributed by atoms with Gasteiger partial charge in [-0.1, -0.05) is 36.4 Å². The number of aromatic hydroxyl groups is 1. The van der Waals surface area contributed by atoms with Gasteiger partial charge < -0.3 is 5.11 Å². The molecular weight excluding hydrogens is 282 g/mol. The smallest absolute Gasteiger partial charge is 0.124 e. The molecule has 0 radical (unpaired) electrons. The zero-order chi connectivity index (χ0) is 14.9. The van der Waals surface area contributed by atoms with Gasteiger partial charge in [-0.2, -0.15) is 0 Å². The van der Waals surface area contributed by atoms with Gasteiger partial charge in [-0.3, -0.25) is 4.98 Å². The lowest BCUT2D eigenvalue weighted by atomic mass is 10.1. The summed E-state index contributed by atoms with van der Waals surface area (Å²) >= 11 is 5.55. The molecule has 108 valence electrons. The van der Waals surface area contributed by atoms with Crippen molar-refractivity contribution >= 4 is 22.5 Å². The van der Waals surface area contributed by atoms with Crippen LogP contribution in [0.15, 0.2) is 66.9 Å². The highest BCUT2D eigenvalue weighted by Crippen LogP contribution is 2.21. The number of phenols is 1. The maximum absolute atomic E-state index is 9.33. The van der Waals surface area contributed by atoms with Crippen LogP contribution in [0.3, 0.4) is 0 Å². The molecule has 21 heavy (non-hydrogen) atoms. The normalized spacial score (nSPS) is 9.95. The summed E-state index contributed by atoms with van der Waals surface area (Å²) in [5.74, 6) is 1.05. The average molecular weight is 300 g/mol. The Labute approximate surface area is 130 Å². The lowest BCUT2D eigenvalue weighted by molar-refractivity contribution is 0.481. The molecule has 0 atom stereocenters. The number of nitrogens with zero attached hydrogens (tertiary/aromatic N) is 1. The van der Waals surface area contributed by atoms with Gasteiger partial charge in [0, 0.05) is 17.5 Å². The summed E-state index contributed by atoms with van der Waals surface area (Å²) in [5, 5.41) is 10.1. The molecule has 3 heteroatoms. The van der Waals surface area contributed by atoms with Crippen LogP contribution in [0.5, 0.6) is 5.75 Å². The Morgan fingerprint density at radius 1 is 0.905 bits per heavy atom. The lowest BCUT2D eigenvalue weighted by Gasteiger charge is -1.96. The van der Waals surface area contributed by atoms with Crippen molar-refractivity contribution in [1.82, 2.24) is 4.98 Å². The largest absolute Gasteiger partial charge is 0.507 e. The topological polar surface area (TPSA) is 33.1 Å². The standard InChI is InChI=1S/C9H11Cl.C9H7NO/c10-8-4-7-9-5-2-1-3-6-9;11-9-5-1-4-8-7(9)3-2-6-10-8/h1-3,5-6H,4,7-8H2;1-6,11H. The highest BCUT2D eigenvalue weighted by molar-refractivity contribution is 6.17.